The first-order valence-corrected chi connectivity index (χ1v) is 18.9. The van der Waals surface area contributed by atoms with E-state index in [9.17, 15) is 9.59 Å². The van der Waals surface area contributed by atoms with Gasteiger partial charge in [0.2, 0.25) is 11.9 Å². The van der Waals surface area contributed by atoms with Crippen LogP contribution in [0.25, 0.3) is 11.2 Å². The van der Waals surface area contributed by atoms with Crippen LogP contribution in [0.5, 0.6) is 0 Å². The lowest BCUT2D eigenvalue weighted by Crippen LogP contribution is -2.48. The van der Waals surface area contributed by atoms with Gasteiger partial charge >= 0.3 is 0 Å². The summed E-state index contributed by atoms with van der Waals surface area (Å²) in [5.74, 6) is -0.596. The number of imidazole rings is 1. The average molecular weight is 758 g/mol. The molecule has 0 spiro atoms. The van der Waals surface area contributed by atoms with Gasteiger partial charge in [0.15, 0.2) is 11.2 Å². The van der Waals surface area contributed by atoms with Crippen molar-refractivity contribution in [3.05, 3.63) is 160 Å². The molecule has 2 aromatic heterocycles. The summed E-state index contributed by atoms with van der Waals surface area (Å²) in [6.45, 7) is 4.92. The highest BCUT2D eigenvalue weighted by Crippen LogP contribution is 2.35. The number of fused-ring (bicyclic) bond motifs is 1. The molecule has 1 aliphatic rings. The Morgan fingerprint density at radius 3 is 1.84 bits per heavy atom. The topological polar surface area (TPSA) is 139 Å². The van der Waals surface area contributed by atoms with Gasteiger partial charge in [0.25, 0.3) is 5.56 Å². The Labute approximate surface area is 325 Å². The van der Waals surface area contributed by atoms with E-state index < -0.39 is 36.2 Å². The predicted octanol–water partition coefficient (Wildman–Crippen LogP) is 6.97. The van der Waals surface area contributed by atoms with E-state index in [4.69, 9.17) is 23.7 Å². The number of aromatic nitrogens is 4. The lowest BCUT2D eigenvalue weighted by Gasteiger charge is -2.34. The van der Waals surface area contributed by atoms with Crippen LogP contribution in [0.1, 0.15) is 48.8 Å². The van der Waals surface area contributed by atoms with E-state index in [1.807, 2.05) is 121 Å². The number of nitrogens with zero attached hydrogens (tertiary/aromatic N) is 3. The van der Waals surface area contributed by atoms with E-state index in [0.29, 0.717) is 19.8 Å². The molecule has 0 saturated carbocycles. The van der Waals surface area contributed by atoms with Crippen molar-refractivity contribution in [2.45, 2.75) is 77.3 Å². The zero-order valence-electron chi connectivity index (χ0n) is 31.5. The van der Waals surface area contributed by atoms with E-state index in [2.05, 4.69) is 20.3 Å². The average Bonchev–Trinajstić information content (AvgIpc) is 3.59. The van der Waals surface area contributed by atoms with Crippen LogP contribution in [0.15, 0.2) is 132 Å². The summed E-state index contributed by atoms with van der Waals surface area (Å²) < 4.78 is 35.7. The summed E-state index contributed by atoms with van der Waals surface area (Å²) in [6.07, 6.45) is -1.52. The summed E-state index contributed by atoms with van der Waals surface area (Å²) in [5, 5.41) is 2.71. The smallest absolute Gasteiger partial charge is 0.280 e. The SMILES string of the molecule is CC(C)C(=O)Nc1nc2c(ncn2C2C[C@H](OCc3ccccc3)[C@@H](OCc3ccccc3)[C@H](OCc3ccccc3)[C@@H](COCc3ccccc3)O2)c(=O)[nH]1. The second-order valence-electron chi connectivity index (χ2n) is 14.1. The van der Waals surface area contributed by atoms with Gasteiger partial charge in [-0.15, -0.1) is 0 Å². The summed E-state index contributed by atoms with van der Waals surface area (Å²) in [6, 6.07) is 39.8. The van der Waals surface area contributed by atoms with Crippen LogP contribution in [0, 0.1) is 5.92 Å². The third kappa shape index (κ3) is 10.0. The van der Waals surface area contributed by atoms with Crippen molar-refractivity contribution < 1.29 is 28.5 Å². The van der Waals surface area contributed by atoms with Crippen LogP contribution in [-0.2, 0) is 54.9 Å². The molecule has 12 nitrogen and oxygen atoms in total. The van der Waals surface area contributed by atoms with E-state index in [1.165, 1.54) is 6.33 Å². The van der Waals surface area contributed by atoms with Crippen LogP contribution in [0.4, 0.5) is 5.95 Å². The van der Waals surface area contributed by atoms with Crippen molar-refractivity contribution in [2.24, 2.45) is 5.92 Å². The summed E-state index contributed by atoms with van der Waals surface area (Å²) in [7, 11) is 0. The minimum absolute atomic E-state index is 0.0179. The maximum Gasteiger partial charge on any atom is 0.280 e. The fraction of sp³-hybridized carbons (Fsp3) is 0.318. The van der Waals surface area contributed by atoms with Crippen molar-refractivity contribution in [3.63, 3.8) is 0 Å². The first kappa shape index (κ1) is 38.8. The highest BCUT2D eigenvalue weighted by Gasteiger charge is 2.45. The lowest BCUT2D eigenvalue weighted by molar-refractivity contribution is -0.184. The van der Waals surface area contributed by atoms with E-state index in [-0.39, 0.29) is 48.6 Å². The largest absolute Gasteiger partial charge is 0.374 e. The van der Waals surface area contributed by atoms with E-state index in [1.54, 1.807) is 18.4 Å². The van der Waals surface area contributed by atoms with Gasteiger partial charge in [-0.1, -0.05) is 135 Å². The van der Waals surface area contributed by atoms with Gasteiger partial charge < -0.3 is 23.7 Å². The van der Waals surface area contributed by atoms with Gasteiger partial charge in [-0.25, -0.2) is 4.98 Å². The maximum atomic E-state index is 13.3. The van der Waals surface area contributed by atoms with Gasteiger partial charge in [0.05, 0.1) is 45.5 Å². The summed E-state index contributed by atoms with van der Waals surface area (Å²) in [4.78, 5) is 37.6. The highest BCUT2D eigenvalue weighted by atomic mass is 16.6. The van der Waals surface area contributed by atoms with Crippen LogP contribution in [0.3, 0.4) is 0 Å². The minimum Gasteiger partial charge on any atom is -0.374 e. The number of aromatic amines is 1. The van der Waals surface area contributed by atoms with Gasteiger partial charge in [-0.05, 0) is 22.3 Å². The number of carbonyl (C=O) groups is 1. The number of rotatable bonds is 16. The Morgan fingerprint density at radius 1 is 0.768 bits per heavy atom. The van der Waals surface area contributed by atoms with Crippen molar-refractivity contribution in [3.8, 4) is 0 Å². The van der Waals surface area contributed by atoms with Crippen molar-refractivity contribution in [1.82, 2.24) is 19.5 Å². The zero-order valence-corrected chi connectivity index (χ0v) is 31.5. The van der Waals surface area contributed by atoms with E-state index >= 15 is 0 Å². The molecule has 2 N–H and O–H groups in total. The van der Waals surface area contributed by atoms with Gasteiger partial charge in [0, 0.05) is 12.3 Å². The Bertz CT molecular complexity index is 2180. The molecule has 0 aliphatic carbocycles. The normalized spacial score (nSPS) is 19.9. The highest BCUT2D eigenvalue weighted by molar-refractivity contribution is 5.91. The quantitative estimate of drug-likeness (QED) is 0.107. The molecule has 1 unspecified atom stereocenters. The maximum absolute atomic E-state index is 13.3. The molecule has 1 aliphatic heterocycles. The van der Waals surface area contributed by atoms with Crippen LogP contribution in [0.2, 0.25) is 0 Å². The number of amides is 1. The Hall–Kier alpha value is -5.50. The molecule has 1 fully saturated rings. The number of carbonyl (C=O) groups excluding carboxylic acids is 1. The fourth-order valence-electron chi connectivity index (χ4n) is 6.61. The lowest BCUT2D eigenvalue weighted by atomic mass is 10.0. The van der Waals surface area contributed by atoms with Crippen molar-refractivity contribution >= 4 is 23.0 Å². The Morgan fingerprint density at radius 2 is 1.29 bits per heavy atom. The van der Waals surface area contributed by atoms with Crippen molar-refractivity contribution in [2.75, 3.05) is 11.9 Å². The molecule has 3 heterocycles. The molecule has 7 rings (SSSR count). The zero-order chi connectivity index (χ0) is 38.7. The standard InChI is InChI=1S/C44H47N5O7/c1-30(2)42(50)47-44-46-41-38(43(51)48-44)45-29-49(41)37-23-35(53-25-32-17-9-4-10-18-32)39(54-26-33-19-11-5-12-20-33)40(55-27-34-21-13-6-14-22-34)36(56-37)28-52-24-31-15-7-3-8-16-31/h3-22,29-30,35-37,39-40H,23-28H2,1-2H3,(H2,46,47,48,50,51)/t35-,36+,37?,39+,40+/m0/s1. The first-order valence-electron chi connectivity index (χ1n) is 18.9. The van der Waals surface area contributed by atoms with Gasteiger partial charge in [0.1, 0.15) is 24.5 Å². The molecule has 0 radical (unpaired) electrons. The fourth-order valence-corrected chi connectivity index (χ4v) is 6.61. The monoisotopic (exact) mass is 757 g/mol. The Balaban J connectivity index is 1.29. The third-order valence-electron chi connectivity index (χ3n) is 9.60. The Kier molecular flexibility index (Phi) is 13.1. The van der Waals surface area contributed by atoms with Gasteiger partial charge in [-0.2, -0.15) is 4.98 Å². The molecular weight excluding hydrogens is 711 g/mol. The van der Waals surface area contributed by atoms with Crippen LogP contribution < -0.4 is 10.9 Å². The predicted molar refractivity (Wildman–Crippen MR) is 211 cm³/mol. The van der Waals surface area contributed by atoms with Crippen LogP contribution in [-0.4, -0.2) is 56.4 Å². The summed E-state index contributed by atoms with van der Waals surface area (Å²) >= 11 is 0. The summed E-state index contributed by atoms with van der Waals surface area (Å²) in [5.41, 5.74) is 3.85. The molecule has 4 aromatic carbocycles. The van der Waals surface area contributed by atoms with Crippen LogP contribution >= 0.6 is 0 Å². The minimum atomic E-state index is -0.762. The number of benzene rings is 4. The molecule has 0 bridgehead atoms. The molecule has 56 heavy (non-hydrogen) atoms. The molecule has 1 amide bonds. The number of hydrogen-bond donors (Lipinski definition) is 2. The molecule has 6 aromatic rings. The van der Waals surface area contributed by atoms with Gasteiger partial charge in [-0.3, -0.25) is 24.5 Å². The first-order chi connectivity index (χ1) is 27.4. The number of ether oxygens (including phenoxy) is 5. The molecule has 290 valence electrons. The third-order valence-corrected chi connectivity index (χ3v) is 9.60. The second-order valence-corrected chi connectivity index (χ2v) is 14.1. The number of H-pyrrole nitrogens is 1. The molecular formula is C44H47N5O7. The molecule has 1 saturated heterocycles. The number of hydrogen-bond acceptors (Lipinski definition) is 9. The van der Waals surface area contributed by atoms with Crippen molar-refractivity contribution in [1.29, 1.82) is 0 Å². The number of anilines is 1. The number of nitrogens with one attached hydrogen (secondary N) is 2. The molecule has 5 atom stereocenters. The van der Waals surface area contributed by atoms with E-state index in [0.717, 1.165) is 22.3 Å². The molecule has 12 heteroatoms. The second kappa shape index (κ2) is 18.9.